The minimum absolute atomic E-state index is 0.106. The van der Waals surface area contributed by atoms with Gasteiger partial charge in [-0.1, -0.05) is 18.2 Å². The maximum Gasteiger partial charge on any atom is 0.152 e. The Morgan fingerprint density at radius 1 is 1.18 bits per heavy atom. The fourth-order valence-corrected chi connectivity index (χ4v) is 2.60. The van der Waals surface area contributed by atoms with Gasteiger partial charge in [-0.25, -0.2) is 8.42 Å². The van der Waals surface area contributed by atoms with Crippen molar-refractivity contribution >= 4 is 15.5 Å². The third-order valence-corrected chi connectivity index (χ3v) is 4.03. The predicted octanol–water partition coefficient (Wildman–Crippen LogP) is 1.55. The largest absolute Gasteiger partial charge is 0.385 e. The molecule has 96 valence electrons. The average Bonchev–Trinajstić information content (AvgIpc) is 2.34. The Hall–Kier alpha value is -1.07. The fourth-order valence-electron chi connectivity index (χ4n) is 1.39. The van der Waals surface area contributed by atoms with E-state index in [1.165, 1.54) is 7.11 Å². The van der Waals surface area contributed by atoms with Crippen molar-refractivity contribution in [3.63, 3.8) is 0 Å². The number of anilines is 1. The van der Waals surface area contributed by atoms with Crippen LogP contribution < -0.4 is 5.32 Å². The molecule has 0 unspecified atom stereocenters. The summed E-state index contributed by atoms with van der Waals surface area (Å²) in [4.78, 5) is 0. The molecule has 0 aliphatic carbocycles. The van der Waals surface area contributed by atoms with Crippen LogP contribution in [-0.4, -0.2) is 40.2 Å². The second kappa shape index (κ2) is 7.29. The first-order valence-electron chi connectivity index (χ1n) is 5.62. The molecule has 0 aromatic heterocycles. The molecule has 17 heavy (non-hydrogen) atoms. The molecule has 0 amide bonds. The number of benzene rings is 1. The predicted molar refractivity (Wildman–Crippen MR) is 70.1 cm³/mol. The van der Waals surface area contributed by atoms with Crippen molar-refractivity contribution in [1.29, 1.82) is 0 Å². The standard InChI is InChI=1S/C12H19NO3S/c1-16-9-11-17(14,15)10-5-8-13-12-6-3-2-4-7-12/h2-4,6-7,13H,5,8-11H2,1H3. The van der Waals surface area contributed by atoms with Gasteiger partial charge in [-0.3, -0.25) is 0 Å². The molecular weight excluding hydrogens is 238 g/mol. The minimum Gasteiger partial charge on any atom is -0.385 e. The summed E-state index contributed by atoms with van der Waals surface area (Å²) in [6, 6.07) is 9.74. The van der Waals surface area contributed by atoms with Gasteiger partial charge in [-0.2, -0.15) is 0 Å². The third kappa shape index (κ3) is 6.28. The van der Waals surface area contributed by atoms with Gasteiger partial charge in [0.1, 0.15) is 0 Å². The van der Waals surface area contributed by atoms with Crippen molar-refractivity contribution in [3.8, 4) is 0 Å². The van der Waals surface area contributed by atoms with Crippen molar-refractivity contribution in [3.05, 3.63) is 30.3 Å². The van der Waals surface area contributed by atoms with Crippen LogP contribution in [0, 0.1) is 0 Å². The summed E-state index contributed by atoms with van der Waals surface area (Å²) in [7, 11) is -1.46. The zero-order valence-electron chi connectivity index (χ0n) is 10.1. The first kappa shape index (κ1) is 14.0. The van der Waals surface area contributed by atoms with Gasteiger partial charge in [0.15, 0.2) is 9.84 Å². The molecule has 1 aromatic rings. The SMILES string of the molecule is COCCS(=O)(=O)CCCNc1ccccc1. The zero-order chi connectivity index (χ0) is 12.6. The second-order valence-electron chi connectivity index (χ2n) is 3.79. The van der Waals surface area contributed by atoms with Gasteiger partial charge in [0.2, 0.25) is 0 Å². The van der Waals surface area contributed by atoms with Crippen LogP contribution in [-0.2, 0) is 14.6 Å². The number of nitrogens with one attached hydrogen (secondary N) is 1. The van der Waals surface area contributed by atoms with E-state index >= 15 is 0 Å². The van der Waals surface area contributed by atoms with E-state index < -0.39 is 9.84 Å². The molecule has 0 spiro atoms. The Morgan fingerprint density at radius 3 is 2.53 bits per heavy atom. The van der Waals surface area contributed by atoms with Crippen LogP contribution in [0.3, 0.4) is 0 Å². The number of sulfone groups is 1. The van der Waals surface area contributed by atoms with Crippen LogP contribution in [0.1, 0.15) is 6.42 Å². The van der Waals surface area contributed by atoms with Crippen molar-refractivity contribution in [1.82, 2.24) is 0 Å². The second-order valence-corrected chi connectivity index (χ2v) is 6.09. The monoisotopic (exact) mass is 257 g/mol. The lowest BCUT2D eigenvalue weighted by Gasteiger charge is -2.06. The molecule has 1 rings (SSSR count). The Bertz CT molecular complexity index is 403. The lowest BCUT2D eigenvalue weighted by molar-refractivity contribution is 0.217. The maximum atomic E-state index is 11.5. The quantitative estimate of drug-likeness (QED) is 0.718. The first-order chi connectivity index (χ1) is 8.14. The van der Waals surface area contributed by atoms with E-state index in [1.807, 2.05) is 30.3 Å². The lowest BCUT2D eigenvalue weighted by atomic mass is 10.3. The Labute approximate surface area is 103 Å². The number of rotatable bonds is 8. The molecule has 0 aliphatic heterocycles. The van der Waals surface area contributed by atoms with Crippen LogP contribution >= 0.6 is 0 Å². The zero-order valence-corrected chi connectivity index (χ0v) is 10.9. The van der Waals surface area contributed by atoms with Gasteiger partial charge < -0.3 is 10.1 Å². The van der Waals surface area contributed by atoms with E-state index in [4.69, 9.17) is 4.74 Å². The van der Waals surface area contributed by atoms with Crippen LogP contribution in [0.2, 0.25) is 0 Å². The van der Waals surface area contributed by atoms with Gasteiger partial charge in [-0.15, -0.1) is 0 Å². The summed E-state index contributed by atoms with van der Waals surface area (Å²) >= 11 is 0. The topological polar surface area (TPSA) is 55.4 Å². The summed E-state index contributed by atoms with van der Waals surface area (Å²) in [6.07, 6.45) is 0.612. The van der Waals surface area contributed by atoms with Crippen LogP contribution in [0.15, 0.2) is 30.3 Å². The highest BCUT2D eigenvalue weighted by Crippen LogP contribution is 2.05. The normalized spacial score (nSPS) is 11.4. The first-order valence-corrected chi connectivity index (χ1v) is 7.44. The van der Waals surface area contributed by atoms with Crippen molar-refractivity contribution < 1.29 is 13.2 Å². The van der Waals surface area contributed by atoms with Crippen LogP contribution in [0.25, 0.3) is 0 Å². The lowest BCUT2D eigenvalue weighted by Crippen LogP contribution is -2.17. The molecule has 0 aliphatic rings. The smallest absolute Gasteiger partial charge is 0.152 e. The number of hydrogen-bond acceptors (Lipinski definition) is 4. The molecule has 0 radical (unpaired) electrons. The van der Waals surface area contributed by atoms with Gasteiger partial charge in [0.05, 0.1) is 18.1 Å². The van der Waals surface area contributed by atoms with E-state index in [0.29, 0.717) is 13.0 Å². The van der Waals surface area contributed by atoms with Crippen LogP contribution in [0.4, 0.5) is 5.69 Å². The highest BCUT2D eigenvalue weighted by Gasteiger charge is 2.09. The minimum atomic E-state index is -2.96. The van der Waals surface area contributed by atoms with Gasteiger partial charge in [-0.05, 0) is 18.6 Å². The van der Waals surface area contributed by atoms with Gasteiger partial charge in [0.25, 0.3) is 0 Å². The fraction of sp³-hybridized carbons (Fsp3) is 0.500. The molecule has 4 nitrogen and oxygen atoms in total. The molecule has 5 heteroatoms. The van der Waals surface area contributed by atoms with E-state index in [2.05, 4.69) is 5.32 Å². The van der Waals surface area contributed by atoms with E-state index in [-0.39, 0.29) is 18.1 Å². The molecule has 0 bridgehead atoms. The van der Waals surface area contributed by atoms with Gasteiger partial charge in [0, 0.05) is 19.3 Å². The molecule has 1 N–H and O–H groups in total. The molecule has 1 aromatic carbocycles. The summed E-state index contributed by atoms with van der Waals surface area (Å²) < 4.78 is 27.7. The van der Waals surface area contributed by atoms with E-state index in [0.717, 1.165) is 5.69 Å². The van der Waals surface area contributed by atoms with E-state index in [9.17, 15) is 8.42 Å². The Kier molecular flexibility index (Phi) is 6.00. The molecule has 0 saturated carbocycles. The number of methoxy groups -OCH3 is 1. The number of ether oxygens (including phenoxy) is 1. The van der Waals surface area contributed by atoms with Crippen molar-refractivity contribution in [2.75, 3.05) is 37.1 Å². The molecule has 0 fully saturated rings. The Balaban J connectivity index is 2.20. The molecule has 0 atom stereocenters. The van der Waals surface area contributed by atoms with Gasteiger partial charge >= 0.3 is 0 Å². The maximum absolute atomic E-state index is 11.5. The summed E-state index contributed by atoms with van der Waals surface area (Å²) in [5.41, 5.74) is 1.02. The average molecular weight is 257 g/mol. The van der Waals surface area contributed by atoms with Crippen molar-refractivity contribution in [2.45, 2.75) is 6.42 Å². The molecular formula is C12H19NO3S. The summed E-state index contributed by atoms with van der Waals surface area (Å²) in [6.45, 7) is 0.935. The Morgan fingerprint density at radius 2 is 1.88 bits per heavy atom. The third-order valence-electron chi connectivity index (χ3n) is 2.33. The van der Waals surface area contributed by atoms with E-state index in [1.54, 1.807) is 0 Å². The molecule has 0 heterocycles. The molecule has 0 saturated heterocycles. The van der Waals surface area contributed by atoms with Crippen LogP contribution in [0.5, 0.6) is 0 Å². The summed E-state index contributed by atoms with van der Waals surface area (Å²) in [5, 5.41) is 3.18. The number of para-hydroxylation sites is 1. The number of hydrogen-bond donors (Lipinski definition) is 1. The van der Waals surface area contributed by atoms with Crippen molar-refractivity contribution in [2.24, 2.45) is 0 Å². The highest BCUT2D eigenvalue weighted by atomic mass is 32.2. The highest BCUT2D eigenvalue weighted by molar-refractivity contribution is 7.91. The summed E-state index contributed by atoms with van der Waals surface area (Å²) in [5.74, 6) is 0.311.